The minimum absolute atomic E-state index is 0.375. The van der Waals surface area contributed by atoms with E-state index >= 15 is 0 Å². The number of aromatic amines is 1. The van der Waals surface area contributed by atoms with Crippen LogP contribution in [0.3, 0.4) is 0 Å². The highest BCUT2D eigenvalue weighted by molar-refractivity contribution is 7.89. The number of esters is 1. The van der Waals surface area contributed by atoms with E-state index in [1.165, 1.54) is 7.11 Å². The number of rotatable bonds is 2. The van der Waals surface area contributed by atoms with Crippen LogP contribution in [0, 0.1) is 0 Å². The molecule has 0 aliphatic carbocycles. The Morgan fingerprint density at radius 2 is 2.12 bits per heavy atom. The molecule has 0 aliphatic rings. The molecule has 0 amide bonds. The zero-order valence-electron chi connectivity index (χ0n) is 9.17. The molecule has 0 spiro atoms. The van der Waals surface area contributed by atoms with Crippen LogP contribution in [0.25, 0.3) is 0 Å². The van der Waals surface area contributed by atoms with E-state index in [4.69, 9.17) is 5.73 Å². The summed E-state index contributed by atoms with van der Waals surface area (Å²) in [4.78, 5) is 22.2. The lowest BCUT2D eigenvalue weighted by molar-refractivity contribution is -0.141. The molecule has 1 atom stereocenters. The molecule has 1 aromatic heterocycles. The fourth-order valence-corrected chi connectivity index (χ4v) is 0.998. The molecule has 1 rings (SSSR count). The third-order valence-corrected chi connectivity index (χ3v) is 2.19. The molecular formula is C7H13N3O6S. The average molecular weight is 267 g/mol. The van der Waals surface area contributed by atoms with Crippen molar-refractivity contribution in [2.45, 2.75) is 18.0 Å². The summed E-state index contributed by atoms with van der Waals surface area (Å²) < 4.78 is 29.2. The van der Waals surface area contributed by atoms with Crippen LogP contribution in [0.1, 0.15) is 6.92 Å². The highest BCUT2D eigenvalue weighted by Crippen LogP contribution is 1.95. The van der Waals surface area contributed by atoms with Crippen molar-refractivity contribution >= 4 is 16.0 Å². The maximum atomic E-state index is 10.4. The first kappa shape index (κ1) is 15.3. The zero-order chi connectivity index (χ0) is 13.6. The van der Waals surface area contributed by atoms with Gasteiger partial charge in [-0.15, -0.1) is 0 Å². The predicted molar refractivity (Wildman–Crippen MR) is 56.4 cm³/mol. The Balaban J connectivity index is 0.000000325. The zero-order valence-corrected chi connectivity index (χ0v) is 9.98. The van der Waals surface area contributed by atoms with Gasteiger partial charge in [0.25, 0.3) is 10.0 Å². The molecule has 10 heteroatoms. The number of aromatic nitrogens is 1. The van der Waals surface area contributed by atoms with Gasteiger partial charge in [-0.05, 0) is 6.92 Å². The van der Waals surface area contributed by atoms with E-state index in [2.05, 4.69) is 14.3 Å². The van der Waals surface area contributed by atoms with E-state index in [1.807, 2.05) is 4.98 Å². The third-order valence-electron chi connectivity index (χ3n) is 1.38. The molecule has 1 aromatic rings. The van der Waals surface area contributed by atoms with Gasteiger partial charge < -0.3 is 14.9 Å². The number of hydrogen-bond acceptors (Lipinski definition) is 7. The minimum atomic E-state index is -3.83. The van der Waals surface area contributed by atoms with E-state index in [0.717, 1.165) is 6.26 Å². The van der Waals surface area contributed by atoms with Gasteiger partial charge in [0, 0.05) is 0 Å². The summed E-state index contributed by atoms with van der Waals surface area (Å²) in [5, 5.41) is 4.19. The van der Waals surface area contributed by atoms with Crippen molar-refractivity contribution in [1.29, 1.82) is 0 Å². The number of carbonyl (C=O) groups excluding carboxylic acids is 1. The summed E-state index contributed by atoms with van der Waals surface area (Å²) in [5.74, 6) is -1.22. The Labute approximate surface area is 96.8 Å². The van der Waals surface area contributed by atoms with Gasteiger partial charge in [-0.3, -0.25) is 9.78 Å². The van der Waals surface area contributed by atoms with Crippen molar-refractivity contribution in [3.05, 3.63) is 16.8 Å². The van der Waals surface area contributed by atoms with Crippen LogP contribution in [0.4, 0.5) is 0 Å². The largest absolute Gasteiger partial charge is 0.468 e. The Morgan fingerprint density at radius 3 is 2.24 bits per heavy atom. The summed E-state index contributed by atoms with van der Waals surface area (Å²) in [6.07, 6.45) is 0.748. The van der Waals surface area contributed by atoms with E-state index in [1.54, 1.807) is 6.92 Å². The number of sulfonamides is 1. The summed E-state index contributed by atoms with van der Waals surface area (Å²) in [6, 6.07) is -0.495. The summed E-state index contributed by atoms with van der Waals surface area (Å²) in [7, 11) is -2.52. The van der Waals surface area contributed by atoms with Crippen molar-refractivity contribution in [2.24, 2.45) is 10.9 Å². The summed E-state index contributed by atoms with van der Waals surface area (Å²) >= 11 is 0. The molecule has 0 radical (unpaired) electrons. The molecule has 17 heavy (non-hydrogen) atoms. The Hall–Kier alpha value is -1.65. The highest BCUT2D eigenvalue weighted by Gasteiger charge is 2.10. The third kappa shape index (κ3) is 5.85. The molecular weight excluding hydrogens is 254 g/mol. The fourth-order valence-electron chi connectivity index (χ4n) is 0.591. The quantitative estimate of drug-likeness (QED) is 0.529. The maximum absolute atomic E-state index is 10.4. The number of oxazole rings is 1. The van der Waals surface area contributed by atoms with E-state index in [9.17, 15) is 18.0 Å². The number of nitrogens with one attached hydrogen (secondary N) is 1. The monoisotopic (exact) mass is 267 g/mol. The maximum Gasteiger partial charge on any atom is 0.417 e. The molecule has 0 aliphatic heterocycles. The second-order valence-electron chi connectivity index (χ2n) is 2.87. The van der Waals surface area contributed by atoms with Crippen molar-refractivity contribution < 1.29 is 22.4 Å². The van der Waals surface area contributed by atoms with Crippen LogP contribution in [0.2, 0.25) is 0 Å². The lowest BCUT2D eigenvalue weighted by atomic mass is 10.4. The molecule has 5 N–H and O–H groups in total. The fraction of sp³-hybridized carbons (Fsp3) is 0.429. The molecule has 0 aromatic carbocycles. The number of H-pyrrole nitrogens is 1. The molecule has 0 saturated heterocycles. The smallest absolute Gasteiger partial charge is 0.417 e. The van der Waals surface area contributed by atoms with Crippen LogP contribution in [0.5, 0.6) is 0 Å². The molecule has 0 fully saturated rings. The number of primary sulfonamides is 1. The van der Waals surface area contributed by atoms with Crippen LogP contribution in [-0.4, -0.2) is 32.5 Å². The van der Waals surface area contributed by atoms with Crippen LogP contribution in [0.15, 0.2) is 20.5 Å². The van der Waals surface area contributed by atoms with E-state index in [-0.39, 0.29) is 5.97 Å². The number of hydrogen-bond donors (Lipinski definition) is 3. The first-order chi connectivity index (χ1) is 7.68. The normalized spacial score (nSPS) is 12.2. The van der Waals surface area contributed by atoms with Gasteiger partial charge >= 0.3 is 11.7 Å². The van der Waals surface area contributed by atoms with Gasteiger partial charge in [0.1, 0.15) is 12.3 Å². The molecule has 0 unspecified atom stereocenters. The lowest BCUT2D eigenvalue weighted by Gasteiger charge is -1.98. The van der Waals surface area contributed by atoms with Gasteiger partial charge in [0.05, 0.1) is 7.11 Å². The van der Waals surface area contributed by atoms with E-state index < -0.39 is 26.8 Å². The van der Waals surface area contributed by atoms with Crippen molar-refractivity contribution in [1.82, 2.24) is 4.98 Å². The first-order valence-corrected chi connectivity index (χ1v) is 5.77. The summed E-state index contributed by atoms with van der Waals surface area (Å²) in [6.45, 7) is 1.58. The molecule has 98 valence electrons. The van der Waals surface area contributed by atoms with Crippen LogP contribution < -0.4 is 16.6 Å². The van der Waals surface area contributed by atoms with Crippen LogP contribution >= 0.6 is 0 Å². The Morgan fingerprint density at radius 1 is 1.59 bits per heavy atom. The molecule has 0 saturated carbocycles. The second kappa shape index (κ2) is 6.18. The Bertz CT molecular complexity index is 514. The van der Waals surface area contributed by atoms with Gasteiger partial charge in [-0.1, -0.05) is 0 Å². The minimum Gasteiger partial charge on any atom is -0.468 e. The van der Waals surface area contributed by atoms with Crippen molar-refractivity contribution in [3.63, 3.8) is 0 Å². The lowest BCUT2D eigenvalue weighted by Crippen LogP contribution is -2.27. The average Bonchev–Trinajstić information content (AvgIpc) is 2.64. The summed E-state index contributed by atoms with van der Waals surface area (Å²) in [5.41, 5.74) is 5.07. The number of carbonyl (C=O) groups is 1. The first-order valence-electron chi connectivity index (χ1n) is 4.22. The standard InChI is InChI=1S/C4H9NO2.C3H4N2O4S/c1-3(5)4(6)7-2;4-10(7,8)2-1-9-3(6)5-2/h3H,5H2,1-2H3;1H,(H,5,6)(H2,4,7,8)/t3-;/m1./s1. The molecule has 0 bridgehead atoms. The number of nitrogens with two attached hydrogens (primary N) is 2. The number of ether oxygens (including phenoxy) is 1. The van der Waals surface area contributed by atoms with Crippen molar-refractivity contribution in [2.75, 3.05) is 7.11 Å². The molecule has 9 nitrogen and oxygen atoms in total. The predicted octanol–water partition coefficient (Wildman–Crippen LogP) is -1.88. The topological polar surface area (TPSA) is 158 Å². The van der Waals surface area contributed by atoms with Crippen molar-refractivity contribution in [3.8, 4) is 0 Å². The highest BCUT2D eigenvalue weighted by atomic mass is 32.2. The second-order valence-corrected chi connectivity index (χ2v) is 4.40. The van der Waals surface area contributed by atoms with Gasteiger partial charge in [-0.25, -0.2) is 18.4 Å². The van der Waals surface area contributed by atoms with Gasteiger partial charge in [0.15, 0.2) is 5.03 Å². The molecule has 1 heterocycles. The van der Waals surface area contributed by atoms with Gasteiger partial charge in [-0.2, -0.15) is 0 Å². The number of methoxy groups -OCH3 is 1. The Kier molecular flexibility index (Phi) is 5.58. The van der Waals surface area contributed by atoms with Crippen LogP contribution in [-0.2, 0) is 19.6 Å². The van der Waals surface area contributed by atoms with Gasteiger partial charge in [0.2, 0.25) is 0 Å². The van der Waals surface area contributed by atoms with E-state index in [0.29, 0.717) is 0 Å². The SMILES string of the molecule is COC(=O)[C@@H](C)N.NS(=O)(=O)c1coc(=O)[nH]1.